The van der Waals surface area contributed by atoms with Gasteiger partial charge >= 0.3 is 0 Å². The Morgan fingerprint density at radius 3 is 2.61 bits per heavy atom. The fraction of sp³-hybridized carbons (Fsp3) is 0.382. The fourth-order valence-electron chi connectivity index (χ4n) is 5.40. The normalized spacial score (nSPS) is 13.7. The third kappa shape index (κ3) is 7.84. The summed E-state index contributed by atoms with van der Waals surface area (Å²) in [6.07, 6.45) is 5.38. The van der Waals surface area contributed by atoms with Crippen LogP contribution in [0.5, 0.6) is 11.5 Å². The fourth-order valence-corrected chi connectivity index (χ4v) is 6.31. The monoisotopic (exact) mass is 621 g/mol. The second kappa shape index (κ2) is 14.8. The molecule has 0 radical (unpaired) electrons. The molecule has 0 aliphatic carbocycles. The number of nitrogens with zero attached hydrogens (tertiary/aromatic N) is 3. The minimum atomic E-state index is -0.856. The van der Waals surface area contributed by atoms with Crippen molar-refractivity contribution < 1.29 is 23.0 Å². The van der Waals surface area contributed by atoms with Crippen LogP contribution >= 0.6 is 11.8 Å². The van der Waals surface area contributed by atoms with E-state index in [1.807, 2.05) is 19.1 Å². The highest BCUT2D eigenvalue weighted by Gasteiger charge is 2.21. The molecule has 0 saturated heterocycles. The molecule has 1 aliphatic rings. The van der Waals surface area contributed by atoms with Gasteiger partial charge in [-0.05, 0) is 61.6 Å². The first-order valence-electron chi connectivity index (χ1n) is 15.0. The third-order valence-electron chi connectivity index (χ3n) is 7.72. The summed E-state index contributed by atoms with van der Waals surface area (Å²) < 4.78 is 47.5. The Morgan fingerprint density at radius 2 is 1.82 bits per heavy atom. The Bertz CT molecular complexity index is 1650. The van der Waals surface area contributed by atoms with Crippen molar-refractivity contribution in [1.29, 1.82) is 0 Å². The Morgan fingerprint density at radius 1 is 1.00 bits per heavy atom. The second-order valence-corrected chi connectivity index (χ2v) is 12.0. The Balaban J connectivity index is 1.30. The van der Waals surface area contributed by atoms with E-state index in [4.69, 9.17) is 19.2 Å². The molecular formula is C34H37F2N3O4S. The van der Waals surface area contributed by atoms with E-state index in [2.05, 4.69) is 18.8 Å². The van der Waals surface area contributed by atoms with Crippen molar-refractivity contribution in [2.75, 3.05) is 12.5 Å². The maximum absolute atomic E-state index is 14.9. The molecule has 0 fully saturated rings. The Kier molecular flexibility index (Phi) is 10.7. The summed E-state index contributed by atoms with van der Waals surface area (Å²) in [4.78, 5) is 22.0. The quantitative estimate of drug-likeness (QED) is 0.106. The summed E-state index contributed by atoms with van der Waals surface area (Å²) in [5.74, 6) is 1.17. The van der Waals surface area contributed by atoms with Gasteiger partial charge in [0, 0.05) is 28.8 Å². The topological polar surface area (TPSA) is 75.5 Å². The van der Waals surface area contributed by atoms with Crippen LogP contribution in [-0.2, 0) is 17.9 Å². The van der Waals surface area contributed by atoms with E-state index in [0.717, 1.165) is 36.9 Å². The number of halogens is 2. The van der Waals surface area contributed by atoms with Gasteiger partial charge in [0.05, 0.1) is 24.9 Å². The number of hydrogen-bond acceptors (Lipinski definition) is 7. The molecule has 2 aromatic carbocycles. The Labute approximate surface area is 260 Å². The lowest BCUT2D eigenvalue weighted by molar-refractivity contribution is -0.00586. The van der Waals surface area contributed by atoms with Gasteiger partial charge in [0.15, 0.2) is 22.5 Å². The van der Waals surface area contributed by atoms with Crippen LogP contribution in [0.1, 0.15) is 56.4 Å². The van der Waals surface area contributed by atoms with E-state index in [0.29, 0.717) is 45.1 Å². The minimum absolute atomic E-state index is 0.0369. The van der Waals surface area contributed by atoms with Crippen molar-refractivity contribution in [3.05, 3.63) is 99.6 Å². The van der Waals surface area contributed by atoms with Gasteiger partial charge < -0.3 is 18.8 Å². The number of thioether (sulfide) groups is 1. The van der Waals surface area contributed by atoms with Gasteiger partial charge in [0.1, 0.15) is 5.82 Å². The highest BCUT2D eigenvalue weighted by atomic mass is 32.2. The van der Waals surface area contributed by atoms with Crippen LogP contribution in [0, 0.1) is 24.5 Å². The first-order chi connectivity index (χ1) is 21.3. The van der Waals surface area contributed by atoms with Gasteiger partial charge in [0.2, 0.25) is 6.79 Å². The molecule has 0 spiro atoms. The van der Waals surface area contributed by atoms with E-state index in [-0.39, 0.29) is 31.9 Å². The summed E-state index contributed by atoms with van der Waals surface area (Å²) in [6.45, 7) is 6.72. The zero-order chi connectivity index (χ0) is 31.1. The first-order valence-corrected chi connectivity index (χ1v) is 16.0. The zero-order valence-electron chi connectivity index (χ0n) is 25.2. The number of benzene rings is 2. The maximum atomic E-state index is 14.9. The molecule has 3 heterocycles. The van der Waals surface area contributed by atoms with Crippen LogP contribution in [0.15, 0.2) is 70.7 Å². The number of pyridine rings is 1. The lowest BCUT2D eigenvalue weighted by atomic mass is 9.92. The number of aryl methyl sites for hydroxylation is 1. The SMILES string of the molecule is CCCC(CC)C(CCSc1nc(C)cc(-c2cc(F)c(=O)n(Cc3ccc4c(c3)OCO4)c2)n1)OCc1ccccc1F. The molecule has 0 bridgehead atoms. The number of aromatic nitrogens is 3. The van der Waals surface area contributed by atoms with Crippen molar-refractivity contribution in [2.24, 2.45) is 5.92 Å². The minimum Gasteiger partial charge on any atom is -0.454 e. The van der Waals surface area contributed by atoms with Crippen LogP contribution in [0.4, 0.5) is 8.78 Å². The molecule has 0 N–H and O–H groups in total. The predicted molar refractivity (Wildman–Crippen MR) is 167 cm³/mol. The van der Waals surface area contributed by atoms with Crippen molar-refractivity contribution >= 4 is 11.8 Å². The average Bonchev–Trinajstić information content (AvgIpc) is 3.48. The molecule has 2 aromatic heterocycles. The highest BCUT2D eigenvalue weighted by molar-refractivity contribution is 7.99. The molecule has 232 valence electrons. The van der Waals surface area contributed by atoms with Gasteiger partial charge in [-0.15, -0.1) is 0 Å². The van der Waals surface area contributed by atoms with Gasteiger partial charge in [-0.25, -0.2) is 18.7 Å². The first kappa shape index (κ1) is 31.7. The molecule has 5 rings (SSSR count). The summed E-state index contributed by atoms with van der Waals surface area (Å²) in [7, 11) is 0. The number of rotatable bonds is 14. The molecule has 44 heavy (non-hydrogen) atoms. The molecule has 4 aromatic rings. The molecule has 0 amide bonds. The molecule has 7 nitrogen and oxygen atoms in total. The average molecular weight is 622 g/mol. The van der Waals surface area contributed by atoms with Crippen LogP contribution in [-0.4, -0.2) is 33.2 Å². The van der Waals surface area contributed by atoms with E-state index in [1.165, 1.54) is 28.5 Å². The number of ether oxygens (including phenoxy) is 3. The summed E-state index contributed by atoms with van der Waals surface area (Å²) in [6, 6.07) is 15.1. The lowest BCUT2D eigenvalue weighted by Gasteiger charge is -2.26. The van der Waals surface area contributed by atoms with E-state index < -0.39 is 11.4 Å². The number of hydrogen-bond donors (Lipinski definition) is 0. The molecule has 0 saturated carbocycles. The van der Waals surface area contributed by atoms with Crippen molar-refractivity contribution in [1.82, 2.24) is 14.5 Å². The van der Waals surface area contributed by atoms with Gasteiger partial charge in [-0.1, -0.05) is 62.7 Å². The molecule has 2 atom stereocenters. The Hall–Kier alpha value is -3.76. The molecular weight excluding hydrogens is 584 g/mol. The maximum Gasteiger partial charge on any atom is 0.286 e. The summed E-state index contributed by atoms with van der Waals surface area (Å²) >= 11 is 1.50. The van der Waals surface area contributed by atoms with Gasteiger partial charge in [0.25, 0.3) is 5.56 Å². The van der Waals surface area contributed by atoms with Crippen LogP contribution in [0.25, 0.3) is 11.3 Å². The largest absolute Gasteiger partial charge is 0.454 e. The van der Waals surface area contributed by atoms with Crippen molar-refractivity contribution in [3.63, 3.8) is 0 Å². The van der Waals surface area contributed by atoms with Crippen molar-refractivity contribution in [2.45, 2.75) is 70.9 Å². The molecule has 2 unspecified atom stereocenters. The smallest absolute Gasteiger partial charge is 0.286 e. The molecule has 1 aliphatic heterocycles. The van der Waals surface area contributed by atoms with Crippen LogP contribution < -0.4 is 15.0 Å². The van der Waals surface area contributed by atoms with E-state index in [1.54, 1.807) is 36.5 Å². The second-order valence-electron chi connectivity index (χ2n) is 10.9. The van der Waals surface area contributed by atoms with Gasteiger partial charge in [-0.3, -0.25) is 4.79 Å². The molecule has 10 heteroatoms. The van der Waals surface area contributed by atoms with Crippen molar-refractivity contribution in [3.8, 4) is 22.8 Å². The summed E-state index contributed by atoms with van der Waals surface area (Å²) in [5, 5.41) is 0.560. The summed E-state index contributed by atoms with van der Waals surface area (Å²) in [5.41, 5.74) is 2.36. The zero-order valence-corrected chi connectivity index (χ0v) is 26.0. The van der Waals surface area contributed by atoms with Gasteiger partial charge in [-0.2, -0.15) is 0 Å². The number of fused-ring (bicyclic) bond motifs is 1. The standard InChI is InChI=1S/C34H37F2N3O4S/c1-4-8-24(5-2)30(41-20-25-9-6-7-10-27(25)35)13-14-44-34-37-22(3)15-29(38-34)26-17-28(36)33(40)39(19-26)18-23-11-12-31-32(16-23)43-21-42-31/h6-7,9-12,15-17,19,24,30H,4-5,8,13-14,18,20-21H2,1-3H3. The van der Waals surface area contributed by atoms with Crippen LogP contribution in [0.2, 0.25) is 0 Å². The highest BCUT2D eigenvalue weighted by Crippen LogP contribution is 2.33. The van der Waals surface area contributed by atoms with E-state index in [9.17, 15) is 13.6 Å². The van der Waals surface area contributed by atoms with Crippen LogP contribution in [0.3, 0.4) is 0 Å². The lowest BCUT2D eigenvalue weighted by Crippen LogP contribution is -2.25. The third-order valence-corrected chi connectivity index (χ3v) is 8.60. The predicted octanol–water partition coefficient (Wildman–Crippen LogP) is 7.56. The van der Waals surface area contributed by atoms with E-state index >= 15 is 0 Å².